The van der Waals surface area contributed by atoms with Crippen molar-refractivity contribution in [2.75, 3.05) is 5.32 Å². The van der Waals surface area contributed by atoms with Crippen LogP contribution >= 0.6 is 11.3 Å². The molecule has 0 bridgehead atoms. The molecule has 0 radical (unpaired) electrons. The van der Waals surface area contributed by atoms with E-state index in [4.69, 9.17) is 0 Å². The Hall–Kier alpha value is -2.99. The molecule has 0 saturated carbocycles. The zero-order valence-electron chi connectivity index (χ0n) is 13.9. The molecule has 0 spiro atoms. The maximum absolute atomic E-state index is 12.5. The Labute approximate surface area is 149 Å². The van der Waals surface area contributed by atoms with Gasteiger partial charge in [0.15, 0.2) is 10.8 Å². The summed E-state index contributed by atoms with van der Waals surface area (Å²) in [5.41, 5.74) is 4.26. The number of carbonyl (C=O) groups is 1. The van der Waals surface area contributed by atoms with Crippen LogP contribution in [0.5, 0.6) is 0 Å². The Morgan fingerprint density at radius 2 is 1.88 bits per heavy atom. The second-order valence-electron chi connectivity index (χ2n) is 5.86. The molecule has 0 saturated heterocycles. The van der Waals surface area contributed by atoms with E-state index in [0.717, 1.165) is 21.6 Å². The van der Waals surface area contributed by atoms with Crippen molar-refractivity contribution in [1.29, 1.82) is 0 Å². The Morgan fingerprint density at radius 3 is 2.68 bits per heavy atom. The molecule has 124 valence electrons. The predicted molar refractivity (Wildman–Crippen MR) is 101 cm³/mol. The molecule has 6 heteroatoms. The standard InChI is InChI=1S/C19H16N4OS/c1-12-8-9-15-17(10-12)25-19(20-15)21-18(24)16-11-13(2)23(22-16)14-6-4-3-5-7-14/h3-11H,1-2H3,(H,20,21,24). The summed E-state index contributed by atoms with van der Waals surface area (Å²) in [6.07, 6.45) is 0. The van der Waals surface area contributed by atoms with E-state index in [1.54, 1.807) is 10.7 Å². The van der Waals surface area contributed by atoms with Crippen molar-refractivity contribution in [2.24, 2.45) is 0 Å². The first-order valence-electron chi connectivity index (χ1n) is 7.91. The monoisotopic (exact) mass is 348 g/mol. The summed E-state index contributed by atoms with van der Waals surface area (Å²) in [7, 11) is 0. The Morgan fingerprint density at radius 1 is 1.08 bits per heavy atom. The largest absolute Gasteiger partial charge is 0.296 e. The van der Waals surface area contributed by atoms with Crippen molar-refractivity contribution in [3.05, 3.63) is 71.5 Å². The minimum Gasteiger partial charge on any atom is -0.296 e. The minimum atomic E-state index is -0.256. The van der Waals surface area contributed by atoms with Crippen LogP contribution in [0.1, 0.15) is 21.7 Å². The first-order valence-corrected chi connectivity index (χ1v) is 8.72. The van der Waals surface area contributed by atoms with Crippen LogP contribution < -0.4 is 5.32 Å². The lowest BCUT2D eigenvalue weighted by Gasteiger charge is -2.02. The van der Waals surface area contributed by atoms with Crippen LogP contribution in [0.2, 0.25) is 0 Å². The first-order chi connectivity index (χ1) is 12.1. The number of anilines is 1. The molecule has 5 nitrogen and oxygen atoms in total. The molecular formula is C19H16N4OS. The van der Waals surface area contributed by atoms with Gasteiger partial charge in [-0.1, -0.05) is 35.6 Å². The van der Waals surface area contributed by atoms with E-state index in [9.17, 15) is 4.79 Å². The van der Waals surface area contributed by atoms with Gasteiger partial charge in [-0.15, -0.1) is 0 Å². The maximum Gasteiger partial charge on any atom is 0.277 e. The number of hydrogen-bond acceptors (Lipinski definition) is 4. The van der Waals surface area contributed by atoms with Gasteiger partial charge in [0.2, 0.25) is 0 Å². The van der Waals surface area contributed by atoms with Crippen molar-refractivity contribution < 1.29 is 4.79 Å². The third-order valence-corrected chi connectivity index (χ3v) is 4.82. The average molecular weight is 348 g/mol. The second-order valence-corrected chi connectivity index (χ2v) is 6.89. The number of fused-ring (bicyclic) bond motifs is 1. The summed E-state index contributed by atoms with van der Waals surface area (Å²) >= 11 is 1.46. The average Bonchev–Trinajstić information content (AvgIpc) is 3.18. The molecule has 25 heavy (non-hydrogen) atoms. The van der Waals surface area contributed by atoms with Gasteiger partial charge in [0, 0.05) is 5.69 Å². The number of amides is 1. The molecule has 1 N–H and O–H groups in total. The van der Waals surface area contributed by atoms with Crippen LogP contribution in [0, 0.1) is 13.8 Å². The number of aryl methyl sites for hydroxylation is 2. The molecule has 2 heterocycles. The molecule has 4 aromatic rings. The van der Waals surface area contributed by atoms with Crippen molar-refractivity contribution in [3.8, 4) is 5.69 Å². The number of carbonyl (C=O) groups excluding carboxylic acids is 1. The summed E-state index contributed by atoms with van der Waals surface area (Å²) in [5, 5.41) is 7.86. The summed E-state index contributed by atoms with van der Waals surface area (Å²) in [6.45, 7) is 3.97. The van der Waals surface area contributed by atoms with Gasteiger partial charge in [-0.3, -0.25) is 10.1 Å². The number of aromatic nitrogens is 3. The molecule has 0 fully saturated rings. The van der Waals surface area contributed by atoms with Gasteiger partial charge in [-0.2, -0.15) is 5.10 Å². The van der Waals surface area contributed by atoms with Crippen LogP contribution in [0.15, 0.2) is 54.6 Å². The molecule has 2 aromatic carbocycles. The molecule has 2 aromatic heterocycles. The van der Waals surface area contributed by atoms with Crippen molar-refractivity contribution >= 4 is 32.6 Å². The van der Waals surface area contributed by atoms with E-state index in [-0.39, 0.29) is 5.91 Å². The van der Waals surface area contributed by atoms with Gasteiger partial charge < -0.3 is 0 Å². The molecule has 4 rings (SSSR count). The lowest BCUT2D eigenvalue weighted by atomic mass is 10.2. The number of para-hydroxylation sites is 1. The van der Waals surface area contributed by atoms with Gasteiger partial charge in [-0.25, -0.2) is 9.67 Å². The normalized spacial score (nSPS) is 11.0. The number of nitrogens with one attached hydrogen (secondary N) is 1. The first kappa shape index (κ1) is 15.5. The van der Waals surface area contributed by atoms with Crippen LogP contribution in [0.25, 0.3) is 15.9 Å². The van der Waals surface area contributed by atoms with Crippen LogP contribution in [0.4, 0.5) is 5.13 Å². The van der Waals surface area contributed by atoms with E-state index in [1.165, 1.54) is 16.9 Å². The summed E-state index contributed by atoms with van der Waals surface area (Å²) in [5.74, 6) is -0.256. The predicted octanol–water partition coefficient (Wildman–Crippen LogP) is 4.35. The number of thiazole rings is 1. The summed E-state index contributed by atoms with van der Waals surface area (Å²) < 4.78 is 2.82. The number of nitrogens with zero attached hydrogens (tertiary/aromatic N) is 3. The molecule has 1 amide bonds. The van der Waals surface area contributed by atoms with Crippen LogP contribution in [-0.2, 0) is 0 Å². The Bertz CT molecular complexity index is 1070. The van der Waals surface area contributed by atoms with Crippen molar-refractivity contribution in [1.82, 2.24) is 14.8 Å². The highest BCUT2D eigenvalue weighted by molar-refractivity contribution is 7.22. The van der Waals surface area contributed by atoms with E-state index >= 15 is 0 Å². The quantitative estimate of drug-likeness (QED) is 0.599. The molecular weight excluding hydrogens is 332 g/mol. The summed E-state index contributed by atoms with van der Waals surface area (Å²) in [6, 6.07) is 17.6. The number of benzene rings is 2. The number of rotatable bonds is 3. The van der Waals surface area contributed by atoms with E-state index in [1.807, 2.05) is 56.3 Å². The van der Waals surface area contributed by atoms with Gasteiger partial charge in [0.05, 0.1) is 15.9 Å². The SMILES string of the molecule is Cc1ccc2nc(NC(=O)c3cc(C)n(-c4ccccc4)n3)sc2c1. The number of hydrogen-bond donors (Lipinski definition) is 1. The molecule has 0 unspecified atom stereocenters. The van der Waals surface area contributed by atoms with Crippen LogP contribution in [-0.4, -0.2) is 20.7 Å². The Balaban J connectivity index is 1.60. The zero-order valence-corrected chi connectivity index (χ0v) is 14.7. The molecule has 0 aliphatic heterocycles. The highest BCUT2D eigenvalue weighted by atomic mass is 32.1. The lowest BCUT2D eigenvalue weighted by molar-refractivity contribution is 0.102. The van der Waals surface area contributed by atoms with Gasteiger partial charge >= 0.3 is 0 Å². The molecule has 0 atom stereocenters. The lowest BCUT2D eigenvalue weighted by Crippen LogP contribution is -2.13. The van der Waals surface area contributed by atoms with Crippen LogP contribution in [0.3, 0.4) is 0 Å². The van der Waals surface area contributed by atoms with Crippen molar-refractivity contribution in [2.45, 2.75) is 13.8 Å². The second kappa shape index (κ2) is 6.14. The maximum atomic E-state index is 12.5. The fourth-order valence-electron chi connectivity index (χ4n) is 2.66. The third-order valence-electron chi connectivity index (χ3n) is 3.89. The smallest absolute Gasteiger partial charge is 0.277 e. The topological polar surface area (TPSA) is 59.8 Å². The van der Waals surface area contributed by atoms with Crippen molar-refractivity contribution in [3.63, 3.8) is 0 Å². The third kappa shape index (κ3) is 3.04. The fraction of sp³-hybridized carbons (Fsp3) is 0.105. The highest BCUT2D eigenvalue weighted by Crippen LogP contribution is 2.27. The van der Waals surface area contributed by atoms with E-state index in [0.29, 0.717) is 10.8 Å². The minimum absolute atomic E-state index is 0.256. The molecule has 0 aliphatic rings. The zero-order chi connectivity index (χ0) is 17.4. The molecule has 0 aliphatic carbocycles. The van der Waals surface area contributed by atoms with E-state index < -0.39 is 0 Å². The van der Waals surface area contributed by atoms with Gasteiger partial charge in [0.1, 0.15) is 0 Å². The summed E-state index contributed by atoms with van der Waals surface area (Å²) in [4.78, 5) is 17.0. The van der Waals surface area contributed by atoms with E-state index in [2.05, 4.69) is 21.5 Å². The fourth-order valence-corrected chi connectivity index (χ4v) is 3.62. The van der Waals surface area contributed by atoms with Gasteiger partial charge in [0.25, 0.3) is 5.91 Å². The van der Waals surface area contributed by atoms with Gasteiger partial charge in [-0.05, 0) is 49.7 Å². The Kier molecular flexibility index (Phi) is 3.82. The highest BCUT2D eigenvalue weighted by Gasteiger charge is 2.15.